The van der Waals surface area contributed by atoms with Crippen LogP contribution in [-0.4, -0.2) is 13.2 Å². The Morgan fingerprint density at radius 1 is 1.05 bits per heavy atom. The first-order chi connectivity index (χ1) is 9.55. The van der Waals surface area contributed by atoms with Crippen LogP contribution in [0, 0.1) is 5.41 Å². The number of hydrogen-bond acceptors (Lipinski definition) is 2. The smallest absolute Gasteiger partial charge is 0.119 e. The standard InChI is InChI=1S/C18H29NO/c1-14(2)20-16-10-8-15(9-11-16)17(19-4)18(3)12-6-5-7-13-18/h8-11,14,17,19H,5-7,12-13H2,1-4H3. The molecule has 1 aromatic rings. The Morgan fingerprint density at radius 3 is 2.15 bits per heavy atom. The van der Waals surface area contributed by atoms with E-state index in [1.54, 1.807) is 0 Å². The van der Waals surface area contributed by atoms with Crippen molar-refractivity contribution in [2.24, 2.45) is 5.41 Å². The average molecular weight is 275 g/mol. The Balaban J connectivity index is 2.14. The van der Waals surface area contributed by atoms with Crippen molar-refractivity contribution in [1.29, 1.82) is 0 Å². The molecule has 0 spiro atoms. The molecule has 0 heterocycles. The van der Waals surface area contributed by atoms with Gasteiger partial charge in [-0.05, 0) is 56.8 Å². The van der Waals surface area contributed by atoms with Gasteiger partial charge in [-0.2, -0.15) is 0 Å². The highest BCUT2D eigenvalue weighted by molar-refractivity contribution is 5.30. The van der Waals surface area contributed by atoms with Crippen molar-refractivity contribution in [1.82, 2.24) is 5.32 Å². The van der Waals surface area contributed by atoms with E-state index >= 15 is 0 Å². The molecule has 0 aliphatic heterocycles. The summed E-state index contributed by atoms with van der Waals surface area (Å²) in [5.74, 6) is 0.965. The summed E-state index contributed by atoms with van der Waals surface area (Å²) in [7, 11) is 2.09. The van der Waals surface area contributed by atoms with Crippen LogP contribution in [0.15, 0.2) is 24.3 Å². The normalized spacial score (nSPS) is 19.9. The highest BCUT2D eigenvalue weighted by atomic mass is 16.5. The highest BCUT2D eigenvalue weighted by Gasteiger charge is 2.35. The molecule has 2 nitrogen and oxygen atoms in total. The third-order valence-electron chi connectivity index (χ3n) is 4.57. The lowest BCUT2D eigenvalue weighted by Crippen LogP contribution is -2.36. The van der Waals surface area contributed by atoms with Crippen LogP contribution in [0.4, 0.5) is 0 Å². The Morgan fingerprint density at radius 2 is 1.65 bits per heavy atom. The minimum Gasteiger partial charge on any atom is -0.491 e. The summed E-state index contributed by atoms with van der Waals surface area (Å²) in [6, 6.07) is 9.09. The summed E-state index contributed by atoms with van der Waals surface area (Å²) in [6.07, 6.45) is 7.00. The molecule has 1 saturated carbocycles. The van der Waals surface area contributed by atoms with Crippen LogP contribution >= 0.6 is 0 Å². The fourth-order valence-electron chi connectivity index (χ4n) is 3.58. The second-order valence-corrected chi connectivity index (χ2v) is 6.67. The number of rotatable bonds is 5. The summed E-state index contributed by atoms with van der Waals surface area (Å²) in [4.78, 5) is 0. The van der Waals surface area contributed by atoms with Gasteiger partial charge in [0.05, 0.1) is 6.10 Å². The molecule has 0 radical (unpaired) electrons. The zero-order valence-electron chi connectivity index (χ0n) is 13.4. The highest BCUT2D eigenvalue weighted by Crippen LogP contribution is 2.45. The van der Waals surface area contributed by atoms with Crippen molar-refractivity contribution >= 4 is 0 Å². The van der Waals surface area contributed by atoms with Crippen LogP contribution in [0.3, 0.4) is 0 Å². The predicted octanol–water partition coefficient (Wildman–Crippen LogP) is 4.70. The molecule has 0 amide bonds. The molecule has 1 aliphatic carbocycles. The fraction of sp³-hybridized carbons (Fsp3) is 0.667. The van der Waals surface area contributed by atoms with Gasteiger partial charge in [0.25, 0.3) is 0 Å². The zero-order chi connectivity index (χ0) is 14.6. The van der Waals surface area contributed by atoms with Crippen LogP contribution in [0.2, 0.25) is 0 Å². The first-order valence-corrected chi connectivity index (χ1v) is 7.99. The average Bonchev–Trinajstić information content (AvgIpc) is 2.41. The molecule has 1 fully saturated rings. The van der Waals surface area contributed by atoms with Crippen LogP contribution < -0.4 is 10.1 Å². The maximum absolute atomic E-state index is 5.73. The number of hydrogen-bond donors (Lipinski definition) is 1. The van der Waals surface area contributed by atoms with Crippen molar-refractivity contribution in [2.75, 3.05) is 7.05 Å². The first-order valence-electron chi connectivity index (χ1n) is 7.99. The summed E-state index contributed by atoms with van der Waals surface area (Å²) in [5.41, 5.74) is 1.76. The van der Waals surface area contributed by atoms with E-state index in [0.29, 0.717) is 11.5 Å². The van der Waals surface area contributed by atoms with E-state index in [0.717, 1.165) is 5.75 Å². The second kappa shape index (κ2) is 6.62. The maximum atomic E-state index is 5.73. The molecular formula is C18H29NO. The van der Waals surface area contributed by atoms with Crippen LogP contribution in [0.5, 0.6) is 5.75 Å². The molecule has 1 aliphatic rings. The van der Waals surface area contributed by atoms with Crippen LogP contribution in [0.1, 0.15) is 64.5 Å². The second-order valence-electron chi connectivity index (χ2n) is 6.67. The third kappa shape index (κ3) is 3.54. The van der Waals surface area contributed by atoms with E-state index in [2.05, 4.69) is 57.4 Å². The van der Waals surface area contributed by atoms with Gasteiger partial charge < -0.3 is 10.1 Å². The zero-order valence-corrected chi connectivity index (χ0v) is 13.4. The molecule has 1 aromatic carbocycles. The van der Waals surface area contributed by atoms with E-state index in [1.807, 2.05) is 0 Å². The van der Waals surface area contributed by atoms with E-state index in [1.165, 1.54) is 37.7 Å². The van der Waals surface area contributed by atoms with E-state index in [4.69, 9.17) is 4.74 Å². The van der Waals surface area contributed by atoms with Gasteiger partial charge in [-0.3, -0.25) is 0 Å². The maximum Gasteiger partial charge on any atom is 0.119 e. The van der Waals surface area contributed by atoms with Gasteiger partial charge in [0.1, 0.15) is 5.75 Å². The summed E-state index contributed by atoms with van der Waals surface area (Å²) in [5, 5.41) is 3.55. The molecule has 112 valence electrons. The van der Waals surface area contributed by atoms with Crippen molar-refractivity contribution < 1.29 is 4.74 Å². The van der Waals surface area contributed by atoms with E-state index in [9.17, 15) is 0 Å². The first kappa shape index (κ1) is 15.4. The van der Waals surface area contributed by atoms with Crippen molar-refractivity contribution in [3.8, 4) is 5.75 Å². The molecule has 0 aromatic heterocycles. The molecule has 1 N–H and O–H groups in total. The van der Waals surface area contributed by atoms with E-state index < -0.39 is 0 Å². The summed E-state index contributed by atoms with van der Waals surface area (Å²) in [6.45, 7) is 6.56. The Bertz CT molecular complexity index is 404. The lowest BCUT2D eigenvalue weighted by atomic mass is 9.68. The number of benzene rings is 1. The molecular weight excluding hydrogens is 246 g/mol. The number of nitrogens with one attached hydrogen (secondary N) is 1. The topological polar surface area (TPSA) is 21.3 Å². The summed E-state index contributed by atoms with van der Waals surface area (Å²) >= 11 is 0. The Labute approximate surface area is 123 Å². The van der Waals surface area contributed by atoms with Gasteiger partial charge in [0.15, 0.2) is 0 Å². The van der Waals surface area contributed by atoms with Gasteiger partial charge in [-0.15, -0.1) is 0 Å². The lowest BCUT2D eigenvalue weighted by Gasteiger charge is -2.41. The molecule has 0 saturated heterocycles. The molecule has 1 unspecified atom stereocenters. The molecule has 0 bridgehead atoms. The van der Waals surface area contributed by atoms with Crippen LogP contribution in [-0.2, 0) is 0 Å². The SMILES string of the molecule is CNC(c1ccc(OC(C)C)cc1)C1(C)CCCCC1. The minimum absolute atomic E-state index is 0.233. The van der Waals surface area contributed by atoms with Gasteiger partial charge in [-0.1, -0.05) is 38.3 Å². The van der Waals surface area contributed by atoms with Crippen molar-refractivity contribution in [3.63, 3.8) is 0 Å². The number of ether oxygens (including phenoxy) is 1. The van der Waals surface area contributed by atoms with Crippen molar-refractivity contribution in [3.05, 3.63) is 29.8 Å². The van der Waals surface area contributed by atoms with Gasteiger partial charge in [0.2, 0.25) is 0 Å². The van der Waals surface area contributed by atoms with Gasteiger partial charge in [0, 0.05) is 6.04 Å². The molecule has 1 atom stereocenters. The Hall–Kier alpha value is -1.02. The predicted molar refractivity (Wildman–Crippen MR) is 85.2 cm³/mol. The van der Waals surface area contributed by atoms with Crippen molar-refractivity contribution in [2.45, 2.75) is 65.0 Å². The monoisotopic (exact) mass is 275 g/mol. The fourth-order valence-corrected chi connectivity index (χ4v) is 3.58. The van der Waals surface area contributed by atoms with Crippen LogP contribution in [0.25, 0.3) is 0 Å². The minimum atomic E-state index is 0.233. The Kier molecular flexibility index (Phi) is 5.09. The van der Waals surface area contributed by atoms with E-state index in [-0.39, 0.29) is 6.10 Å². The largest absolute Gasteiger partial charge is 0.491 e. The summed E-state index contributed by atoms with van der Waals surface area (Å²) < 4.78 is 5.73. The van der Waals surface area contributed by atoms with Gasteiger partial charge >= 0.3 is 0 Å². The molecule has 20 heavy (non-hydrogen) atoms. The quantitative estimate of drug-likeness (QED) is 0.840. The third-order valence-corrected chi connectivity index (χ3v) is 4.57. The van der Waals surface area contributed by atoms with Gasteiger partial charge in [-0.25, -0.2) is 0 Å². The lowest BCUT2D eigenvalue weighted by molar-refractivity contribution is 0.150. The molecule has 2 rings (SSSR count). The molecule has 2 heteroatoms.